The number of hydrogen-bond donors (Lipinski definition) is 0. The van der Waals surface area contributed by atoms with Gasteiger partial charge in [-0.3, -0.25) is 4.79 Å². The number of nitrogens with zero attached hydrogens (tertiary/aromatic N) is 3. The Morgan fingerprint density at radius 2 is 1.61 bits per heavy atom. The van der Waals surface area contributed by atoms with Crippen molar-refractivity contribution in [2.75, 3.05) is 19.6 Å². The first-order valence-corrected chi connectivity index (χ1v) is 13.2. The van der Waals surface area contributed by atoms with E-state index in [0.717, 1.165) is 73.8 Å². The zero-order valence-electron chi connectivity index (χ0n) is 20.7. The summed E-state index contributed by atoms with van der Waals surface area (Å²) in [6.45, 7) is 3.69. The summed E-state index contributed by atoms with van der Waals surface area (Å²) in [5.74, 6) is 1.68. The van der Waals surface area contributed by atoms with Crippen molar-refractivity contribution in [1.82, 2.24) is 10.2 Å². The molecule has 3 aromatic rings. The van der Waals surface area contributed by atoms with Gasteiger partial charge in [0.25, 0.3) is 5.89 Å². The van der Waals surface area contributed by atoms with Crippen molar-refractivity contribution in [2.45, 2.75) is 63.0 Å². The lowest BCUT2D eigenvalue weighted by Gasteiger charge is -2.52. The zero-order valence-corrected chi connectivity index (χ0v) is 21.4. The number of aromatic nitrogens is 2. The van der Waals surface area contributed by atoms with Gasteiger partial charge in [-0.25, -0.2) is 0 Å². The molecule has 4 heterocycles. The van der Waals surface area contributed by atoms with Crippen LogP contribution in [0.3, 0.4) is 0 Å². The highest BCUT2D eigenvalue weighted by atomic mass is 35.5. The molecular formula is C29H34ClN3O3. The molecule has 2 bridgehead atoms. The molecule has 1 saturated carbocycles. The second-order valence-electron chi connectivity index (χ2n) is 10.8. The summed E-state index contributed by atoms with van der Waals surface area (Å²) in [6.07, 6.45) is 7.26. The van der Waals surface area contributed by atoms with Gasteiger partial charge >= 0.3 is 5.97 Å². The minimum absolute atomic E-state index is 0. The van der Waals surface area contributed by atoms with Gasteiger partial charge in [-0.1, -0.05) is 67.8 Å². The maximum atomic E-state index is 13.8. The predicted octanol–water partition coefficient (Wildman–Crippen LogP) is 2.29. The average Bonchev–Trinajstić information content (AvgIpc) is 3.38. The summed E-state index contributed by atoms with van der Waals surface area (Å²) in [5.41, 5.74) is 1.57. The number of fused-ring (bicyclic) bond motifs is 3. The van der Waals surface area contributed by atoms with Crippen molar-refractivity contribution in [3.05, 3.63) is 72.1 Å². The molecule has 190 valence electrons. The molecular weight excluding hydrogens is 474 g/mol. The van der Waals surface area contributed by atoms with Crippen LogP contribution in [-0.2, 0) is 21.5 Å². The third-order valence-electron chi connectivity index (χ3n) is 8.68. The van der Waals surface area contributed by atoms with Crippen molar-refractivity contribution >= 4 is 5.97 Å². The molecule has 6 nitrogen and oxygen atoms in total. The minimum atomic E-state index is -0.493. The molecule has 7 heteroatoms. The number of carbonyl (C=O) groups excluding carboxylic acids is 1. The fourth-order valence-corrected chi connectivity index (χ4v) is 6.65. The molecule has 1 unspecified atom stereocenters. The summed E-state index contributed by atoms with van der Waals surface area (Å²) in [6, 6.07) is 20.2. The molecule has 1 atom stereocenters. The molecule has 36 heavy (non-hydrogen) atoms. The summed E-state index contributed by atoms with van der Waals surface area (Å²) < 4.78 is 13.4. The van der Waals surface area contributed by atoms with Gasteiger partial charge in [0.2, 0.25) is 5.89 Å². The Hall–Kier alpha value is -2.70. The predicted molar refractivity (Wildman–Crippen MR) is 132 cm³/mol. The smallest absolute Gasteiger partial charge is 0.317 e. The Morgan fingerprint density at radius 1 is 0.944 bits per heavy atom. The first-order valence-electron chi connectivity index (χ1n) is 13.2. The molecule has 1 aliphatic carbocycles. The van der Waals surface area contributed by atoms with Crippen LogP contribution >= 0.6 is 0 Å². The number of rotatable bonds is 6. The Kier molecular flexibility index (Phi) is 7.18. The SMILES string of the molecule is O=C(OC1C[N+]2(Cc3nnc(-c4ccccc4)o3)CCC1CC2)C1(c2ccccc2)CCCCC1.[Cl-]. The summed E-state index contributed by atoms with van der Waals surface area (Å²) >= 11 is 0. The number of benzene rings is 2. The quantitative estimate of drug-likeness (QED) is 0.378. The molecule has 0 radical (unpaired) electrons. The Morgan fingerprint density at radius 3 is 2.31 bits per heavy atom. The van der Waals surface area contributed by atoms with E-state index in [1.165, 1.54) is 6.42 Å². The van der Waals surface area contributed by atoms with Crippen molar-refractivity contribution in [1.29, 1.82) is 0 Å². The lowest BCUT2D eigenvalue weighted by Crippen LogP contribution is -3.00. The fourth-order valence-electron chi connectivity index (χ4n) is 6.65. The minimum Gasteiger partial charge on any atom is -1.00 e. The monoisotopic (exact) mass is 507 g/mol. The highest BCUT2D eigenvalue weighted by Gasteiger charge is 2.51. The highest BCUT2D eigenvalue weighted by Crippen LogP contribution is 2.43. The number of piperidine rings is 3. The van der Waals surface area contributed by atoms with E-state index in [9.17, 15) is 4.79 Å². The maximum absolute atomic E-state index is 13.8. The molecule has 7 rings (SSSR count). The Balaban J connectivity index is 0.00000267. The van der Waals surface area contributed by atoms with Gasteiger partial charge in [0.15, 0.2) is 12.6 Å². The number of quaternary nitrogens is 1. The van der Waals surface area contributed by atoms with Crippen LogP contribution in [0.1, 0.15) is 56.4 Å². The largest absolute Gasteiger partial charge is 1.00 e. The van der Waals surface area contributed by atoms with Crippen LogP contribution in [0.25, 0.3) is 11.5 Å². The number of ether oxygens (including phenoxy) is 1. The van der Waals surface area contributed by atoms with Crippen LogP contribution in [0.4, 0.5) is 0 Å². The van der Waals surface area contributed by atoms with E-state index in [2.05, 4.69) is 22.3 Å². The van der Waals surface area contributed by atoms with Gasteiger partial charge in [-0.2, -0.15) is 0 Å². The van der Waals surface area contributed by atoms with Crippen LogP contribution in [0.2, 0.25) is 0 Å². The van der Waals surface area contributed by atoms with Crippen LogP contribution in [0.5, 0.6) is 0 Å². The molecule has 3 aliphatic heterocycles. The number of carbonyl (C=O) groups is 1. The number of esters is 1. The van der Waals surface area contributed by atoms with E-state index in [1.807, 2.05) is 48.5 Å². The second-order valence-corrected chi connectivity index (χ2v) is 10.8. The molecule has 1 aromatic heterocycles. The van der Waals surface area contributed by atoms with Crippen molar-refractivity contribution < 1.29 is 30.8 Å². The van der Waals surface area contributed by atoms with Crippen LogP contribution in [0.15, 0.2) is 65.1 Å². The summed E-state index contributed by atoms with van der Waals surface area (Å²) in [4.78, 5) is 13.8. The van der Waals surface area contributed by atoms with Gasteiger partial charge in [-0.15, -0.1) is 10.2 Å². The number of halogens is 1. The topological polar surface area (TPSA) is 65.2 Å². The van der Waals surface area contributed by atoms with Crippen molar-refractivity contribution in [3.63, 3.8) is 0 Å². The van der Waals surface area contributed by atoms with Crippen molar-refractivity contribution in [3.8, 4) is 11.5 Å². The van der Waals surface area contributed by atoms with E-state index < -0.39 is 5.41 Å². The third-order valence-corrected chi connectivity index (χ3v) is 8.68. The normalized spacial score (nSPS) is 26.7. The maximum Gasteiger partial charge on any atom is 0.317 e. The van der Waals surface area contributed by atoms with Crippen LogP contribution < -0.4 is 12.4 Å². The van der Waals surface area contributed by atoms with Gasteiger partial charge in [-0.05, 0) is 30.5 Å². The lowest BCUT2D eigenvalue weighted by molar-refractivity contribution is -0.959. The van der Waals surface area contributed by atoms with Gasteiger partial charge < -0.3 is 26.0 Å². The standard InChI is InChI=1S/C29H34N3O3.ClH/c33-28(29(16-8-3-9-17-29)24-12-6-2-7-13-24)34-25-20-32(18-14-22(25)15-19-32)21-26-30-31-27(35-26)23-10-4-1-5-11-23;/h1-2,4-7,10-13,22,25H,3,8-9,14-21H2;1H/q+1;/p-1. The molecule has 4 aliphatic rings. The van der Waals surface area contributed by atoms with E-state index in [-0.39, 0.29) is 24.5 Å². The Labute approximate surface area is 219 Å². The Bertz CT molecular complexity index is 1150. The van der Waals surface area contributed by atoms with Crippen LogP contribution in [0, 0.1) is 5.92 Å². The molecule has 2 aromatic carbocycles. The van der Waals surface area contributed by atoms with Crippen molar-refractivity contribution in [2.24, 2.45) is 5.92 Å². The second kappa shape index (κ2) is 10.3. The van der Waals surface area contributed by atoms with Gasteiger partial charge in [0.05, 0.1) is 18.5 Å². The van der Waals surface area contributed by atoms with E-state index in [4.69, 9.17) is 9.15 Å². The number of hydrogen-bond acceptors (Lipinski definition) is 5. The van der Waals surface area contributed by atoms with Gasteiger partial charge in [0.1, 0.15) is 6.54 Å². The van der Waals surface area contributed by atoms with E-state index in [1.54, 1.807) is 0 Å². The molecule has 0 N–H and O–H groups in total. The average molecular weight is 508 g/mol. The zero-order chi connectivity index (χ0) is 23.7. The molecule has 0 spiro atoms. The van der Waals surface area contributed by atoms with Crippen LogP contribution in [-0.4, -0.2) is 46.4 Å². The third kappa shape index (κ3) is 4.69. The first kappa shape index (κ1) is 25.0. The summed E-state index contributed by atoms with van der Waals surface area (Å²) in [5, 5.41) is 8.66. The fraction of sp³-hybridized carbons (Fsp3) is 0.483. The van der Waals surface area contributed by atoms with Gasteiger partial charge in [0, 0.05) is 24.3 Å². The molecule has 3 saturated heterocycles. The van der Waals surface area contributed by atoms with E-state index in [0.29, 0.717) is 24.2 Å². The highest BCUT2D eigenvalue weighted by molar-refractivity contribution is 5.83. The summed E-state index contributed by atoms with van der Waals surface area (Å²) in [7, 11) is 0. The lowest BCUT2D eigenvalue weighted by atomic mass is 9.69. The first-order chi connectivity index (χ1) is 17.2. The van der Waals surface area contributed by atoms with E-state index >= 15 is 0 Å². The molecule has 0 amide bonds. The molecule has 4 fully saturated rings.